The van der Waals surface area contributed by atoms with Crippen LogP contribution < -0.4 is 5.32 Å². The molecule has 1 saturated heterocycles. The Hall–Kier alpha value is -0.870. The van der Waals surface area contributed by atoms with Crippen molar-refractivity contribution in [1.29, 1.82) is 0 Å². The van der Waals surface area contributed by atoms with E-state index in [0.717, 1.165) is 13.1 Å². The quantitative estimate of drug-likeness (QED) is 0.925. The Bertz CT molecular complexity index is 469. The van der Waals surface area contributed by atoms with Crippen LogP contribution in [0.1, 0.15) is 65.0 Å². The molecular weight excluding hydrogens is 262 g/mol. The summed E-state index contributed by atoms with van der Waals surface area (Å²) in [5.41, 5.74) is 1.61. The molecule has 0 aromatic carbocycles. The average Bonchev–Trinajstić information content (AvgIpc) is 3.11. The van der Waals surface area contributed by atoms with E-state index in [1.165, 1.54) is 44.2 Å². The average molecular weight is 291 g/mol. The number of rotatable bonds is 4. The van der Waals surface area contributed by atoms with Gasteiger partial charge in [-0.05, 0) is 52.5 Å². The number of nitrogens with one attached hydrogen (secondary N) is 1. The molecule has 0 amide bonds. The highest BCUT2D eigenvalue weighted by Gasteiger charge is 2.42. The molecule has 0 radical (unpaired) electrons. The van der Waals surface area contributed by atoms with Gasteiger partial charge >= 0.3 is 0 Å². The Labute approximate surface area is 128 Å². The molecular formula is C17H29N3O. The van der Waals surface area contributed by atoms with Crippen LogP contribution in [0.25, 0.3) is 0 Å². The molecule has 4 heteroatoms. The van der Waals surface area contributed by atoms with Crippen molar-refractivity contribution < 1.29 is 4.74 Å². The molecule has 1 aromatic rings. The molecule has 1 aromatic heterocycles. The van der Waals surface area contributed by atoms with Gasteiger partial charge < -0.3 is 10.1 Å². The summed E-state index contributed by atoms with van der Waals surface area (Å²) in [7, 11) is 0. The van der Waals surface area contributed by atoms with Crippen LogP contribution >= 0.6 is 0 Å². The first-order valence-corrected chi connectivity index (χ1v) is 8.39. The maximum absolute atomic E-state index is 6.40. The Kier molecular flexibility index (Phi) is 4.10. The van der Waals surface area contributed by atoms with E-state index in [1.54, 1.807) is 0 Å². The third-order valence-corrected chi connectivity index (χ3v) is 4.83. The fraction of sp³-hybridized carbons (Fsp3) is 0.824. The smallest absolute Gasteiger partial charge is 0.0779 e. The molecule has 2 heterocycles. The summed E-state index contributed by atoms with van der Waals surface area (Å²) >= 11 is 0. The Morgan fingerprint density at radius 2 is 2.10 bits per heavy atom. The molecule has 3 rings (SSSR count). The van der Waals surface area contributed by atoms with Crippen molar-refractivity contribution in [2.75, 3.05) is 0 Å². The van der Waals surface area contributed by atoms with Gasteiger partial charge in [-0.25, -0.2) is 0 Å². The largest absolute Gasteiger partial charge is 0.370 e. The van der Waals surface area contributed by atoms with Gasteiger partial charge in [-0.1, -0.05) is 12.8 Å². The van der Waals surface area contributed by atoms with E-state index < -0.39 is 0 Å². The summed E-state index contributed by atoms with van der Waals surface area (Å²) in [6, 6.07) is 2.11. The van der Waals surface area contributed by atoms with Crippen molar-refractivity contribution in [3.05, 3.63) is 18.0 Å². The van der Waals surface area contributed by atoms with Crippen molar-refractivity contribution in [2.24, 2.45) is 0 Å². The van der Waals surface area contributed by atoms with Crippen molar-refractivity contribution in [2.45, 2.75) is 89.6 Å². The summed E-state index contributed by atoms with van der Waals surface area (Å²) in [6.07, 6.45) is 9.89. The molecule has 1 unspecified atom stereocenters. The molecule has 21 heavy (non-hydrogen) atoms. The maximum Gasteiger partial charge on any atom is 0.0779 e. The lowest BCUT2D eigenvalue weighted by atomic mass is 9.98. The second-order valence-corrected chi connectivity index (χ2v) is 7.78. The van der Waals surface area contributed by atoms with Gasteiger partial charge in [-0.3, -0.25) is 4.68 Å². The lowest BCUT2D eigenvalue weighted by molar-refractivity contribution is -0.0432. The van der Waals surface area contributed by atoms with Gasteiger partial charge in [0.1, 0.15) is 0 Å². The first kappa shape index (κ1) is 15.0. The van der Waals surface area contributed by atoms with E-state index in [4.69, 9.17) is 4.74 Å². The van der Waals surface area contributed by atoms with Crippen LogP contribution in [0.15, 0.2) is 12.3 Å². The Balaban J connectivity index is 1.57. The fourth-order valence-electron chi connectivity index (χ4n) is 3.63. The highest BCUT2D eigenvalue weighted by Crippen LogP contribution is 2.43. The second-order valence-electron chi connectivity index (χ2n) is 7.78. The molecule has 1 saturated carbocycles. The van der Waals surface area contributed by atoms with Crippen molar-refractivity contribution >= 4 is 0 Å². The molecule has 4 nitrogen and oxygen atoms in total. The number of aromatic nitrogens is 2. The van der Waals surface area contributed by atoms with Crippen LogP contribution in [0.3, 0.4) is 0 Å². The molecule has 2 fully saturated rings. The van der Waals surface area contributed by atoms with Gasteiger partial charge in [0, 0.05) is 18.3 Å². The monoisotopic (exact) mass is 291 g/mol. The summed E-state index contributed by atoms with van der Waals surface area (Å²) < 4.78 is 8.52. The van der Waals surface area contributed by atoms with Crippen LogP contribution in [-0.4, -0.2) is 27.0 Å². The SMILES string of the molecule is CC(C)(C)NCc1ccnn1CC1CCC2(CCCC2)O1. The first-order chi connectivity index (χ1) is 9.96. The predicted octanol–water partition coefficient (Wildman–Crippen LogP) is 3.26. The molecule has 118 valence electrons. The van der Waals surface area contributed by atoms with E-state index in [-0.39, 0.29) is 11.1 Å². The van der Waals surface area contributed by atoms with Crippen LogP contribution in [0.2, 0.25) is 0 Å². The third kappa shape index (κ3) is 3.67. The molecule has 1 atom stereocenters. The van der Waals surface area contributed by atoms with Crippen molar-refractivity contribution in [3.63, 3.8) is 0 Å². The van der Waals surface area contributed by atoms with Gasteiger partial charge in [0.05, 0.1) is 23.9 Å². The predicted molar refractivity (Wildman–Crippen MR) is 84.1 cm³/mol. The van der Waals surface area contributed by atoms with E-state index in [0.29, 0.717) is 6.10 Å². The molecule has 0 bridgehead atoms. The van der Waals surface area contributed by atoms with Crippen LogP contribution in [0, 0.1) is 0 Å². The van der Waals surface area contributed by atoms with Gasteiger partial charge in [0.2, 0.25) is 0 Å². The normalized spacial score (nSPS) is 25.0. The van der Waals surface area contributed by atoms with Crippen LogP contribution in [0.4, 0.5) is 0 Å². The highest BCUT2D eigenvalue weighted by molar-refractivity contribution is 5.02. The molecule has 1 aliphatic carbocycles. The standard InChI is InChI=1S/C17H29N3O/c1-16(2,3)18-12-14-7-11-19-20(14)13-15-6-10-17(21-15)8-4-5-9-17/h7,11,15,18H,4-6,8-10,12-13H2,1-3H3. The van der Waals surface area contributed by atoms with Crippen LogP contribution in [0.5, 0.6) is 0 Å². The van der Waals surface area contributed by atoms with Gasteiger partial charge in [-0.15, -0.1) is 0 Å². The molecule has 1 spiro atoms. The summed E-state index contributed by atoms with van der Waals surface area (Å²) in [5, 5.41) is 8.03. The fourth-order valence-corrected chi connectivity index (χ4v) is 3.63. The zero-order valence-electron chi connectivity index (χ0n) is 13.7. The minimum absolute atomic E-state index is 0.132. The highest BCUT2D eigenvalue weighted by atomic mass is 16.5. The van der Waals surface area contributed by atoms with Crippen molar-refractivity contribution in [1.82, 2.24) is 15.1 Å². The second kappa shape index (κ2) is 5.73. The number of nitrogens with zero attached hydrogens (tertiary/aromatic N) is 2. The minimum Gasteiger partial charge on any atom is -0.370 e. The summed E-state index contributed by atoms with van der Waals surface area (Å²) in [6.45, 7) is 8.34. The number of hydrogen-bond donors (Lipinski definition) is 1. The molecule has 2 aliphatic rings. The van der Waals surface area contributed by atoms with Gasteiger partial charge in [0.15, 0.2) is 0 Å². The van der Waals surface area contributed by atoms with Gasteiger partial charge in [-0.2, -0.15) is 5.10 Å². The van der Waals surface area contributed by atoms with E-state index in [1.807, 2.05) is 6.20 Å². The van der Waals surface area contributed by atoms with E-state index >= 15 is 0 Å². The number of hydrogen-bond acceptors (Lipinski definition) is 3. The van der Waals surface area contributed by atoms with E-state index in [9.17, 15) is 0 Å². The Morgan fingerprint density at radius 1 is 1.33 bits per heavy atom. The zero-order chi connectivity index (χ0) is 14.9. The van der Waals surface area contributed by atoms with Crippen LogP contribution in [-0.2, 0) is 17.8 Å². The van der Waals surface area contributed by atoms with E-state index in [2.05, 4.69) is 41.9 Å². The molecule has 1 aliphatic heterocycles. The maximum atomic E-state index is 6.40. The Morgan fingerprint density at radius 3 is 2.81 bits per heavy atom. The summed E-state index contributed by atoms with van der Waals surface area (Å²) in [4.78, 5) is 0. The first-order valence-electron chi connectivity index (χ1n) is 8.39. The summed E-state index contributed by atoms with van der Waals surface area (Å²) in [5.74, 6) is 0. The minimum atomic E-state index is 0.132. The number of ether oxygens (including phenoxy) is 1. The topological polar surface area (TPSA) is 39.1 Å². The van der Waals surface area contributed by atoms with Gasteiger partial charge in [0.25, 0.3) is 0 Å². The van der Waals surface area contributed by atoms with Crippen molar-refractivity contribution in [3.8, 4) is 0 Å². The zero-order valence-corrected chi connectivity index (χ0v) is 13.7. The lowest BCUT2D eigenvalue weighted by Gasteiger charge is -2.24. The third-order valence-electron chi connectivity index (χ3n) is 4.83. The molecule has 1 N–H and O–H groups in total. The lowest BCUT2D eigenvalue weighted by Crippen LogP contribution is -2.36.